The summed E-state index contributed by atoms with van der Waals surface area (Å²) in [6.45, 7) is 7.97. The van der Waals surface area contributed by atoms with E-state index in [0.717, 1.165) is 29.5 Å². The normalized spacial score (nSPS) is 15.0. The maximum absolute atomic E-state index is 13.1. The van der Waals surface area contributed by atoms with Crippen LogP contribution in [0.15, 0.2) is 46.3 Å². The van der Waals surface area contributed by atoms with Crippen molar-refractivity contribution in [2.75, 3.05) is 0 Å². The molecule has 4 rings (SSSR count). The van der Waals surface area contributed by atoms with Crippen LogP contribution in [0.25, 0.3) is 10.9 Å². The topological polar surface area (TPSA) is 52.0 Å². The van der Waals surface area contributed by atoms with Crippen molar-refractivity contribution in [2.45, 2.75) is 57.0 Å². The summed E-state index contributed by atoms with van der Waals surface area (Å²) in [5.74, 6) is 0.0790. The number of benzene rings is 2. The summed E-state index contributed by atoms with van der Waals surface area (Å²) >= 11 is 1.39. The van der Waals surface area contributed by atoms with Crippen LogP contribution in [0, 0.1) is 20.8 Å². The summed E-state index contributed by atoms with van der Waals surface area (Å²) in [4.78, 5) is 30.9. The van der Waals surface area contributed by atoms with Crippen molar-refractivity contribution in [1.29, 1.82) is 0 Å². The number of hydrogen-bond donors (Lipinski definition) is 0. The van der Waals surface area contributed by atoms with Gasteiger partial charge in [0.25, 0.3) is 5.56 Å². The number of aryl methyl sites for hydroxylation is 3. The van der Waals surface area contributed by atoms with Crippen LogP contribution >= 0.6 is 11.8 Å². The number of Topliss-reactive ketones (excluding diaryl/α,β-unsaturated/α-hetero) is 1. The highest BCUT2D eigenvalue weighted by molar-refractivity contribution is 8.00. The Hall–Kier alpha value is -2.40. The summed E-state index contributed by atoms with van der Waals surface area (Å²) < 4.78 is 1.80. The molecule has 5 heteroatoms. The average molecular weight is 393 g/mol. The molecule has 4 nitrogen and oxygen atoms in total. The highest BCUT2D eigenvalue weighted by Gasteiger charge is 2.30. The largest absolute Gasteiger partial charge is 0.293 e. The monoisotopic (exact) mass is 392 g/mol. The molecule has 0 N–H and O–H groups in total. The molecule has 1 aliphatic carbocycles. The Morgan fingerprint density at radius 2 is 1.79 bits per heavy atom. The first kappa shape index (κ1) is 18.9. The van der Waals surface area contributed by atoms with Crippen LogP contribution in [-0.4, -0.2) is 20.6 Å². The van der Waals surface area contributed by atoms with Gasteiger partial charge in [-0.05, 0) is 75.4 Å². The van der Waals surface area contributed by atoms with Gasteiger partial charge in [-0.2, -0.15) is 0 Å². The van der Waals surface area contributed by atoms with Crippen LogP contribution in [0.2, 0.25) is 0 Å². The highest BCUT2D eigenvalue weighted by atomic mass is 32.2. The number of hydrogen-bond acceptors (Lipinski definition) is 4. The van der Waals surface area contributed by atoms with Crippen molar-refractivity contribution in [2.24, 2.45) is 0 Å². The quantitative estimate of drug-likeness (QED) is 0.347. The fraction of sp³-hybridized carbons (Fsp3) is 0.348. The Bertz CT molecular complexity index is 1150. The molecule has 0 bridgehead atoms. The number of carbonyl (C=O) groups excluding carboxylic acids is 1. The van der Waals surface area contributed by atoms with Crippen LogP contribution < -0.4 is 5.56 Å². The minimum Gasteiger partial charge on any atom is -0.293 e. The van der Waals surface area contributed by atoms with Gasteiger partial charge in [-0.1, -0.05) is 30.0 Å². The fourth-order valence-electron chi connectivity index (χ4n) is 3.52. The molecule has 0 saturated heterocycles. The summed E-state index contributed by atoms with van der Waals surface area (Å²) in [5, 5.41) is 0.968. The van der Waals surface area contributed by atoms with E-state index in [0.29, 0.717) is 16.1 Å². The van der Waals surface area contributed by atoms with Gasteiger partial charge < -0.3 is 0 Å². The maximum atomic E-state index is 13.1. The van der Waals surface area contributed by atoms with Crippen molar-refractivity contribution in [3.8, 4) is 0 Å². The SMILES string of the molecule is Cc1cc(C)c(C(=O)[C@H](C)Sc2nc3ccccc3c(=O)n2C2CC2)cc1C. The molecule has 1 atom stereocenters. The van der Waals surface area contributed by atoms with Crippen LogP contribution in [0.4, 0.5) is 0 Å². The molecule has 1 saturated carbocycles. The molecule has 28 heavy (non-hydrogen) atoms. The number of ketones is 1. The number of fused-ring (bicyclic) bond motifs is 1. The Labute approximate surface area is 169 Å². The van der Waals surface area contributed by atoms with Gasteiger partial charge in [-0.3, -0.25) is 14.2 Å². The van der Waals surface area contributed by atoms with Gasteiger partial charge in [-0.15, -0.1) is 0 Å². The predicted molar refractivity (Wildman–Crippen MR) is 115 cm³/mol. The van der Waals surface area contributed by atoms with Crippen molar-refractivity contribution < 1.29 is 4.79 Å². The van der Waals surface area contributed by atoms with Crippen LogP contribution in [-0.2, 0) is 0 Å². The van der Waals surface area contributed by atoms with Gasteiger partial charge in [0, 0.05) is 11.6 Å². The van der Waals surface area contributed by atoms with E-state index < -0.39 is 0 Å². The lowest BCUT2D eigenvalue weighted by Crippen LogP contribution is -2.24. The third kappa shape index (κ3) is 3.39. The van der Waals surface area contributed by atoms with Crippen molar-refractivity contribution in [3.05, 3.63) is 69.0 Å². The second kappa shape index (κ2) is 7.21. The lowest BCUT2D eigenvalue weighted by Gasteiger charge is -2.17. The zero-order valence-electron chi connectivity index (χ0n) is 16.7. The zero-order valence-corrected chi connectivity index (χ0v) is 17.5. The number of para-hydroxylation sites is 1. The third-order valence-corrected chi connectivity index (χ3v) is 6.51. The van der Waals surface area contributed by atoms with Gasteiger partial charge in [0.2, 0.25) is 0 Å². The number of thioether (sulfide) groups is 1. The number of carbonyl (C=O) groups is 1. The van der Waals surface area contributed by atoms with E-state index in [1.54, 1.807) is 4.57 Å². The van der Waals surface area contributed by atoms with Gasteiger partial charge >= 0.3 is 0 Å². The Kier molecular flexibility index (Phi) is 4.88. The van der Waals surface area contributed by atoms with Gasteiger partial charge in [0.15, 0.2) is 10.9 Å². The molecule has 0 amide bonds. The summed E-state index contributed by atoms with van der Waals surface area (Å²) in [5.41, 5.74) is 4.74. The van der Waals surface area contributed by atoms with E-state index in [9.17, 15) is 9.59 Å². The van der Waals surface area contributed by atoms with E-state index in [2.05, 4.69) is 13.0 Å². The summed E-state index contributed by atoms with van der Waals surface area (Å²) in [6, 6.07) is 11.7. The molecule has 1 aliphatic rings. The Morgan fingerprint density at radius 1 is 1.11 bits per heavy atom. The molecule has 1 aromatic heterocycles. The molecular weight excluding hydrogens is 368 g/mol. The van der Waals surface area contributed by atoms with E-state index in [1.807, 2.05) is 51.1 Å². The second-order valence-corrected chi connectivity index (χ2v) is 9.00. The fourth-order valence-corrected chi connectivity index (χ4v) is 4.57. The van der Waals surface area contributed by atoms with Crippen molar-refractivity contribution in [1.82, 2.24) is 9.55 Å². The molecular formula is C23H24N2O2S. The molecule has 1 heterocycles. The molecule has 3 aromatic rings. The molecule has 0 radical (unpaired) electrons. The number of nitrogens with zero attached hydrogens (tertiary/aromatic N) is 2. The average Bonchev–Trinajstić information content (AvgIpc) is 3.49. The molecule has 0 aliphatic heterocycles. The van der Waals surface area contributed by atoms with Gasteiger partial charge in [-0.25, -0.2) is 4.98 Å². The van der Waals surface area contributed by atoms with Crippen LogP contribution in [0.3, 0.4) is 0 Å². The maximum Gasteiger partial charge on any atom is 0.262 e. The summed E-state index contributed by atoms with van der Waals surface area (Å²) in [7, 11) is 0. The van der Waals surface area contributed by atoms with Crippen LogP contribution in [0.5, 0.6) is 0 Å². The first-order chi connectivity index (χ1) is 13.4. The molecule has 144 valence electrons. The first-order valence-corrected chi connectivity index (χ1v) is 10.5. The van der Waals surface area contributed by atoms with E-state index in [4.69, 9.17) is 4.98 Å². The molecule has 1 fully saturated rings. The second-order valence-electron chi connectivity index (χ2n) is 7.69. The predicted octanol–water partition coefficient (Wildman–Crippen LogP) is 5.02. The first-order valence-electron chi connectivity index (χ1n) is 9.67. The van der Waals surface area contributed by atoms with Crippen LogP contribution in [0.1, 0.15) is 52.9 Å². The lowest BCUT2D eigenvalue weighted by atomic mass is 9.97. The van der Waals surface area contributed by atoms with Crippen molar-refractivity contribution in [3.63, 3.8) is 0 Å². The zero-order chi connectivity index (χ0) is 20.0. The Morgan fingerprint density at radius 3 is 2.50 bits per heavy atom. The Balaban J connectivity index is 1.72. The van der Waals surface area contributed by atoms with E-state index >= 15 is 0 Å². The minimum absolute atomic E-state index is 0.00221. The van der Waals surface area contributed by atoms with E-state index in [1.165, 1.54) is 17.3 Å². The van der Waals surface area contributed by atoms with E-state index in [-0.39, 0.29) is 22.6 Å². The molecule has 0 spiro atoms. The molecule has 2 aromatic carbocycles. The summed E-state index contributed by atoms with van der Waals surface area (Å²) in [6.07, 6.45) is 1.98. The third-order valence-electron chi connectivity index (χ3n) is 5.45. The lowest BCUT2D eigenvalue weighted by molar-refractivity contribution is 0.0993. The number of rotatable bonds is 5. The highest BCUT2D eigenvalue weighted by Crippen LogP contribution is 2.38. The van der Waals surface area contributed by atoms with Crippen molar-refractivity contribution >= 4 is 28.4 Å². The smallest absolute Gasteiger partial charge is 0.262 e. The molecule has 0 unspecified atom stereocenters. The standard InChI is InChI=1S/C23H24N2O2S/c1-13-11-15(3)19(12-14(13)2)21(26)16(4)28-23-24-20-8-6-5-7-18(20)22(27)25(23)17-9-10-17/h5-8,11-12,16-17H,9-10H2,1-4H3/t16-/m0/s1. The van der Waals surface area contributed by atoms with Gasteiger partial charge in [0.05, 0.1) is 16.2 Å². The number of aromatic nitrogens is 2. The van der Waals surface area contributed by atoms with Gasteiger partial charge in [0.1, 0.15) is 0 Å². The minimum atomic E-state index is -0.320.